The molecule has 0 radical (unpaired) electrons. The second-order valence-electron chi connectivity index (χ2n) is 5.91. The number of aromatic nitrogens is 2. The van der Waals surface area contributed by atoms with E-state index in [0.29, 0.717) is 36.2 Å². The highest BCUT2D eigenvalue weighted by Crippen LogP contribution is 2.25. The van der Waals surface area contributed by atoms with Crippen molar-refractivity contribution in [2.75, 3.05) is 20.3 Å². The Kier molecular flexibility index (Phi) is 6.04. The second-order valence-corrected chi connectivity index (χ2v) is 5.91. The third-order valence-electron chi connectivity index (χ3n) is 3.82. The summed E-state index contributed by atoms with van der Waals surface area (Å²) in [6.07, 6.45) is 0.444. The molecular formula is C20H21N3O4. The zero-order valence-electron chi connectivity index (χ0n) is 15.3. The van der Waals surface area contributed by atoms with E-state index in [9.17, 15) is 4.79 Å². The molecule has 0 saturated heterocycles. The van der Waals surface area contributed by atoms with E-state index in [4.69, 9.17) is 13.9 Å². The SMILES string of the molecule is COc1ccccc1OCC(=O)NCCc1nnc(-c2cccc(C)c2)o1. The van der Waals surface area contributed by atoms with Crippen LogP contribution in [0.3, 0.4) is 0 Å². The number of aryl methyl sites for hydroxylation is 1. The van der Waals surface area contributed by atoms with Crippen molar-refractivity contribution < 1.29 is 18.7 Å². The molecule has 3 aromatic rings. The average Bonchev–Trinajstić information content (AvgIpc) is 3.15. The number of nitrogens with zero attached hydrogens (tertiary/aromatic N) is 2. The Labute approximate surface area is 157 Å². The third kappa shape index (κ3) is 5.07. The van der Waals surface area contributed by atoms with E-state index in [1.165, 1.54) is 0 Å². The molecule has 0 bridgehead atoms. The summed E-state index contributed by atoms with van der Waals surface area (Å²) in [5.74, 6) is 1.81. The fourth-order valence-corrected chi connectivity index (χ4v) is 2.49. The molecule has 0 aliphatic rings. The number of benzene rings is 2. The quantitative estimate of drug-likeness (QED) is 0.659. The van der Waals surface area contributed by atoms with Gasteiger partial charge in [0.25, 0.3) is 5.91 Å². The number of hydrogen-bond donors (Lipinski definition) is 1. The molecule has 1 N–H and O–H groups in total. The summed E-state index contributed by atoms with van der Waals surface area (Å²) in [6, 6.07) is 15.0. The number of ether oxygens (including phenoxy) is 2. The van der Waals surface area contributed by atoms with Crippen molar-refractivity contribution in [1.82, 2.24) is 15.5 Å². The number of methoxy groups -OCH3 is 1. The zero-order chi connectivity index (χ0) is 19.1. The summed E-state index contributed by atoms with van der Waals surface area (Å²) >= 11 is 0. The predicted molar refractivity (Wildman–Crippen MR) is 99.7 cm³/mol. The monoisotopic (exact) mass is 367 g/mol. The van der Waals surface area contributed by atoms with Crippen LogP contribution >= 0.6 is 0 Å². The molecule has 7 nitrogen and oxygen atoms in total. The molecule has 3 rings (SSSR count). The van der Waals surface area contributed by atoms with Crippen LogP contribution in [0.15, 0.2) is 52.9 Å². The molecule has 1 amide bonds. The first kappa shape index (κ1) is 18.4. The highest BCUT2D eigenvalue weighted by Gasteiger charge is 2.10. The molecule has 140 valence electrons. The summed E-state index contributed by atoms with van der Waals surface area (Å²) in [5.41, 5.74) is 2.00. The van der Waals surface area contributed by atoms with Gasteiger partial charge in [0.15, 0.2) is 18.1 Å². The Bertz CT molecular complexity index is 908. The first-order chi connectivity index (χ1) is 13.2. The maximum absolute atomic E-state index is 11.9. The van der Waals surface area contributed by atoms with Crippen LogP contribution in [0.2, 0.25) is 0 Å². The number of carbonyl (C=O) groups excluding carboxylic acids is 1. The minimum Gasteiger partial charge on any atom is -0.493 e. The molecule has 0 spiro atoms. The molecule has 2 aromatic carbocycles. The molecule has 0 aliphatic heterocycles. The van der Waals surface area contributed by atoms with E-state index in [1.54, 1.807) is 19.2 Å². The molecule has 1 aromatic heterocycles. The van der Waals surface area contributed by atoms with Crippen molar-refractivity contribution in [3.63, 3.8) is 0 Å². The van der Waals surface area contributed by atoms with Crippen molar-refractivity contribution in [2.24, 2.45) is 0 Å². The Balaban J connectivity index is 1.45. The van der Waals surface area contributed by atoms with Crippen molar-refractivity contribution >= 4 is 5.91 Å². The Morgan fingerprint density at radius 3 is 2.70 bits per heavy atom. The van der Waals surface area contributed by atoms with Crippen LogP contribution in [0.1, 0.15) is 11.5 Å². The van der Waals surface area contributed by atoms with Gasteiger partial charge < -0.3 is 19.2 Å². The van der Waals surface area contributed by atoms with E-state index in [1.807, 2.05) is 43.3 Å². The van der Waals surface area contributed by atoms with Crippen molar-refractivity contribution in [3.05, 3.63) is 60.0 Å². The lowest BCUT2D eigenvalue weighted by molar-refractivity contribution is -0.123. The molecule has 0 saturated carbocycles. The standard InChI is InChI=1S/C20H21N3O4/c1-14-6-5-7-15(12-14)20-23-22-19(27-20)10-11-21-18(24)13-26-17-9-4-3-8-16(17)25-2/h3-9,12H,10-11,13H2,1-2H3,(H,21,24). The lowest BCUT2D eigenvalue weighted by Crippen LogP contribution is -2.30. The van der Waals surface area contributed by atoms with Gasteiger partial charge in [-0.2, -0.15) is 0 Å². The lowest BCUT2D eigenvalue weighted by Gasteiger charge is -2.10. The summed E-state index contributed by atoms with van der Waals surface area (Å²) in [4.78, 5) is 11.9. The van der Waals surface area contributed by atoms with Crippen LogP contribution in [-0.4, -0.2) is 36.4 Å². The third-order valence-corrected chi connectivity index (χ3v) is 3.82. The van der Waals surface area contributed by atoms with Crippen LogP contribution in [-0.2, 0) is 11.2 Å². The van der Waals surface area contributed by atoms with Gasteiger partial charge in [-0.25, -0.2) is 0 Å². The summed E-state index contributed by atoms with van der Waals surface area (Å²) in [5, 5.41) is 10.8. The van der Waals surface area contributed by atoms with E-state index >= 15 is 0 Å². The van der Waals surface area contributed by atoms with Crippen molar-refractivity contribution in [1.29, 1.82) is 0 Å². The molecule has 0 fully saturated rings. The number of rotatable bonds is 8. The topological polar surface area (TPSA) is 86.5 Å². The van der Waals surface area contributed by atoms with Gasteiger partial charge in [-0.3, -0.25) is 4.79 Å². The average molecular weight is 367 g/mol. The number of carbonyl (C=O) groups is 1. The largest absolute Gasteiger partial charge is 0.493 e. The first-order valence-corrected chi connectivity index (χ1v) is 8.57. The van der Waals surface area contributed by atoms with Crippen LogP contribution in [0.4, 0.5) is 0 Å². The Morgan fingerprint density at radius 1 is 1.11 bits per heavy atom. The van der Waals surface area contributed by atoms with Crippen LogP contribution in [0, 0.1) is 6.92 Å². The Morgan fingerprint density at radius 2 is 1.93 bits per heavy atom. The fourth-order valence-electron chi connectivity index (χ4n) is 2.49. The molecule has 7 heteroatoms. The number of nitrogens with one attached hydrogen (secondary N) is 1. The van der Waals surface area contributed by atoms with E-state index < -0.39 is 0 Å². The summed E-state index contributed by atoms with van der Waals surface area (Å²) in [6.45, 7) is 2.28. The molecule has 1 heterocycles. The number of amides is 1. The maximum atomic E-state index is 11.9. The lowest BCUT2D eigenvalue weighted by atomic mass is 10.1. The van der Waals surface area contributed by atoms with Crippen molar-refractivity contribution in [2.45, 2.75) is 13.3 Å². The van der Waals surface area contributed by atoms with Crippen LogP contribution in [0.5, 0.6) is 11.5 Å². The fraction of sp³-hybridized carbons (Fsp3) is 0.250. The smallest absolute Gasteiger partial charge is 0.257 e. The van der Waals surface area contributed by atoms with Gasteiger partial charge in [0.05, 0.1) is 7.11 Å². The van der Waals surface area contributed by atoms with Gasteiger partial charge in [-0.15, -0.1) is 10.2 Å². The maximum Gasteiger partial charge on any atom is 0.257 e. The van der Waals surface area contributed by atoms with Crippen molar-refractivity contribution in [3.8, 4) is 23.0 Å². The van der Waals surface area contributed by atoms with E-state index in [2.05, 4.69) is 15.5 Å². The minimum atomic E-state index is -0.237. The normalized spacial score (nSPS) is 10.4. The zero-order valence-corrected chi connectivity index (χ0v) is 15.3. The predicted octanol–water partition coefficient (Wildman–Crippen LogP) is 2.79. The first-order valence-electron chi connectivity index (χ1n) is 8.57. The van der Waals surface area contributed by atoms with Crippen LogP contribution in [0.25, 0.3) is 11.5 Å². The molecular weight excluding hydrogens is 346 g/mol. The molecule has 27 heavy (non-hydrogen) atoms. The summed E-state index contributed by atoms with van der Waals surface area (Å²) in [7, 11) is 1.55. The van der Waals surface area contributed by atoms with E-state index in [-0.39, 0.29) is 12.5 Å². The van der Waals surface area contributed by atoms with E-state index in [0.717, 1.165) is 11.1 Å². The second kappa shape index (κ2) is 8.84. The summed E-state index contributed by atoms with van der Waals surface area (Å²) < 4.78 is 16.3. The highest BCUT2D eigenvalue weighted by molar-refractivity contribution is 5.77. The highest BCUT2D eigenvalue weighted by atomic mass is 16.5. The number of para-hydroxylation sites is 2. The molecule has 0 aliphatic carbocycles. The van der Waals surface area contributed by atoms with Gasteiger partial charge in [0.1, 0.15) is 0 Å². The van der Waals surface area contributed by atoms with Gasteiger partial charge in [-0.1, -0.05) is 29.8 Å². The molecule has 0 unspecified atom stereocenters. The van der Waals surface area contributed by atoms with Gasteiger partial charge in [-0.05, 0) is 31.2 Å². The van der Waals surface area contributed by atoms with Crippen LogP contribution < -0.4 is 14.8 Å². The molecule has 0 atom stereocenters. The van der Waals surface area contributed by atoms with Gasteiger partial charge in [0, 0.05) is 18.5 Å². The van der Waals surface area contributed by atoms with Gasteiger partial charge >= 0.3 is 0 Å². The van der Waals surface area contributed by atoms with Gasteiger partial charge in [0.2, 0.25) is 11.8 Å². The Hall–Kier alpha value is -3.35. The number of hydrogen-bond acceptors (Lipinski definition) is 6. The minimum absolute atomic E-state index is 0.0985.